The van der Waals surface area contributed by atoms with Crippen LogP contribution in [0.1, 0.15) is 83.7 Å². The first-order valence-corrected chi connectivity index (χ1v) is 33.8. The Balaban J connectivity index is 0.754. The number of nitrogens with one attached hydrogen (secondary N) is 3. The fourth-order valence-corrected chi connectivity index (χ4v) is 12.2. The zero-order valence-corrected chi connectivity index (χ0v) is 53.0. The smallest absolute Gasteiger partial charge is 0.351 e. The van der Waals surface area contributed by atoms with Crippen LogP contribution in [-0.4, -0.2) is 161 Å². The van der Waals surface area contributed by atoms with Gasteiger partial charge < -0.3 is 102 Å². The summed E-state index contributed by atoms with van der Waals surface area (Å²) in [6.07, 6.45) is -1.76. The summed E-state index contributed by atoms with van der Waals surface area (Å²) in [4.78, 5) is 133. The number of aromatic carboxylic acids is 1. The molecule has 2 aromatic heterocycles. The van der Waals surface area contributed by atoms with E-state index in [1.807, 2.05) is 0 Å². The van der Waals surface area contributed by atoms with E-state index in [1.165, 1.54) is 60.8 Å². The Labute approximate surface area is 538 Å². The third kappa shape index (κ3) is 21.3. The second-order valence-corrected chi connectivity index (χ2v) is 25.3. The maximum absolute atomic E-state index is 13.4. The number of phenols is 1. The minimum absolute atomic E-state index is 0.0231. The van der Waals surface area contributed by atoms with Crippen molar-refractivity contribution >= 4 is 64.1 Å². The second kappa shape index (κ2) is 34.0. The normalized spacial score (nSPS) is 20.0. The SMILES string of the molecule is Nc1ccn([C@H]2C[C@@H](O)[C@@H](COP(=O)([O-])OCCOCCOCCOP(=O)([O-])O[C@@H]3C[C@H](n4cc(/C=C/C(=O)NCCCCCCNC(=O)c5ccc(C(=O)O)c(-c6c7ccc(=O)cc-7oc7cc(O)ccc67)c5)c(=O)[nH]c4=O)O[C@@H]3COP(=O)([O-])OCCCO)O2)c(=O)n1. The van der Waals surface area contributed by atoms with Gasteiger partial charge >= 0.3 is 17.3 Å². The number of rotatable bonds is 37. The van der Waals surface area contributed by atoms with E-state index >= 15 is 0 Å². The highest BCUT2D eigenvalue weighted by Crippen LogP contribution is 2.47. The highest BCUT2D eigenvalue weighted by Gasteiger charge is 2.41. The first-order valence-electron chi connectivity index (χ1n) is 29.4. The van der Waals surface area contributed by atoms with Crippen molar-refractivity contribution in [3.05, 3.63) is 137 Å². The number of benzene rings is 3. The largest absolute Gasteiger partial charge is 0.756 e. The van der Waals surface area contributed by atoms with Crippen molar-refractivity contribution < 1.29 is 114 Å². The fraction of sp³-hybridized carbons (Fsp3) is 0.439. The number of phosphoric acid groups is 3. The number of aromatic nitrogens is 4. The van der Waals surface area contributed by atoms with Gasteiger partial charge in [0.05, 0.1) is 82.8 Å². The molecule has 5 heterocycles. The monoisotopic (exact) mass is 1390 g/mol. The predicted molar refractivity (Wildman–Crippen MR) is 324 cm³/mol. The number of carboxylic acids is 1. The lowest BCUT2D eigenvalue weighted by Crippen LogP contribution is -2.33. The molecule has 0 spiro atoms. The van der Waals surface area contributed by atoms with Crippen LogP contribution in [0.2, 0.25) is 0 Å². The number of aliphatic hydroxyl groups is 2. The van der Waals surface area contributed by atoms with Crippen molar-refractivity contribution in [2.45, 2.75) is 81.8 Å². The molecular weight excluding hydrogens is 1320 g/mol. The van der Waals surface area contributed by atoms with Gasteiger partial charge in [-0.1, -0.05) is 12.8 Å². The van der Waals surface area contributed by atoms with Crippen LogP contribution in [0.3, 0.4) is 0 Å². The molecule has 4 aliphatic rings. The zero-order chi connectivity index (χ0) is 68.5. The van der Waals surface area contributed by atoms with Gasteiger partial charge in [0.1, 0.15) is 47.6 Å². The molecule has 0 bridgehead atoms. The molecular formula is C57H67N7O28P3-3. The lowest BCUT2D eigenvalue weighted by atomic mass is 9.89. The molecule has 38 heteroatoms. The lowest BCUT2D eigenvalue weighted by molar-refractivity contribution is -0.235. The number of aliphatic hydroxyl groups excluding tert-OH is 2. The molecule has 3 aliphatic heterocycles. The van der Waals surface area contributed by atoms with Gasteiger partial charge in [-0.2, -0.15) is 4.98 Å². The van der Waals surface area contributed by atoms with E-state index < -0.39 is 141 Å². The Morgan fingerprint density at radius 3 is 2.08 bits per heavy atom. The number of carbonyl (C=O) groups is 3. The minimum atomic E-state index is -5.29. The number of phosphoric ester groups is 3. The Hall–Kier alpha value is -7.47. The maximum atomic E-state index is 13.4. The van der Waals surface area contributed by atoms with Crippen LogP contribution in [0, 0.1) is 0 Å². The van der Waals surface area contributed by atoms with E-state index in [-0.39, 0.29) is 103 Å². The summed E-state index contributed by atoms with van der Waals surface area (Å²) in [5.41, 5.74) is 3.37. The summed E-state index contributed by atoms with van der Waals surface area (Å²) in [6.45, 7) is -3.95. The van der Waals surface area contributed by atoms with E-state index in [9.17, 15) is 77.3 Å². The highest BCUT2D eigenvalue weighted by atomic mass is 31.2. The standard InChI is InChI=1S/C57H70N7O28P3/c58-48-14-17-63(56(74)61-48)50-29-42(68)46(90-50)32-87-94(78,79)85-24-22-82-20-21-83-23-25-86-95(80,81)92-45-30-51(91-47(45)33-88-93(76,77)84-19-5-18-65)64-31-35(54(71)62-57(64)75)7-13-49(69)59-15-3-1-2-4-16-60-53(70)34-6-10-38(55(72)73)41(26-34)52-39-11-8-36(66)27-43(39)89-44-28-37(67)9-12-40(44)52/h6-14,17,26-28,31,42,45-47,50-51,65-66,68H,1-5,15-16,18-25,29-30,32-33H2,(H,59,69)(H,60,70)(H,72,73)(H,76,77)(H,78,79)(H,80,81)(H2,58,61,74)(H,62,71,75)/p-3/b13-7+/t42-,45-,46-,47-,50-,51-/m1/s1. The fourth-order valence-electron chi connectivity index (χ4n) is 9.80. The van der Waals surface area contributed by atoms with E-state index in [2.05, 4.69) is 25.1 Å². The number of carbonyl (C=O) groups excluding carboxylic acids is 2. The maximum Gasteiger partial charge on any atom is 0.351 e. The first kappa shape index (κ1) is 73.3. The molecule has 2 fully saturated rings. The van der Waals surface area contributed by atoms with Crippen molar-refractivity contribution in [2.75, 3.05) is 84.9 Å². The molecule has 95 heavy (non-hydrogen) atoms. The number of carboxylic acid groups (broad SMARTS) is 1. The number of phenolic OH excluding ortho intramolecular Hbond substituents is 1. The molecule has 2 saturated heterocycles. The van der Waals surface area contributed by atoms with Crippen LogP contribution >= 0.6 is 23.5 Å². The van der Waals surface area contributed by atoms with Gasteiger partial charge in [-0.3, -0.25) is 47.0 Å². The van der Waals surface area contributed by atoms with Crippen molar-refractivity contribution in [1.29, 1.82) is 0 Å². The molecule has 2 aromatic carbocycles. The van der Waals surface area contributed by atoms with Crippen LogP contribution in [0.5, 0.6) is 5.75 Å². The number of hydrogen-bond donors (Lipinski definition) is 8. The first-order chi connectivity index (χ1) is 45.3. The number of aromatic amines is 1. The predicted octanol–water partition coefficient (Wildman–Crippen LogP) is 1.00. The number of ether oxygens (including phenoxy) is 4. The number of hydrogen-bond acceptors (Lipinski definition) is 29. The zero-order valence-electron chi connectivity index (χ0n) is 50.3. The minimum Gasteiger partial charge on any atom is -0.756 e. The molecule has 3 unspecified atom stereocenters. The molecule has 4 aromatic rings. The quantitative estimate of drug-likeness (QED) is 0.0117. The van der Waals surface area contributed by atoms with Gasteiger partial charge in [0.25, 0.3) is 34.9 Å². The van der Waals surface area contributed by atoms with Gasteiger partial charge in [0, 0.05) is 85.2 Å². The van der Waals surface area contributed by atoms with Crippen LogP contribution in [-0.2, 0) is 64.6 Å². The van der Waals surface area contributed by atoms with Crippen LogP contribution < -0.4 is 53.4 Å². The van der Waals surface area contributed by atoms with Crippen LogP contribution in [0.25, 0.3) is 39.5 Å². The molecule has 8 rings (SSSR count). The van der Waals surface area contributed by atoms with Gasteiger partial charge in [0.15, 0.2) is 5.43 Å². The van der Waals surface area contributed by atoms with Crippen molar-refractivity contribution in [1.82, 2.24) is 29.7 Å². The number of H-pyrrole nitrogens is 1. The Morgan fingerprint density at radius 2 is 1.39 bits per heavy atom. The molecule has 35 nitrogen and oxygen atoms in total. The van der Waals surface area contributed by atoms with Crippen molar-refractivity contribution in [2.24, 2.45) is 0 Å². The molecule has 9 N–H and O–H groups in total. The summed E-state index contributed by atoms with van der Waals surface area (Å²) in [5.74, 6) is -2.38. The topological polar surface area (TPSA) is 515 Å². The molecule has 0 saturated carbocycles. The molecule has 9 atom stereocenters. The molecule has 2 amide bonds. The van der Waals surface area contributed by atoms with Crippen LogP contribution in [0.15, 0.2) is 103 Å². The van der Waals surface area contributed by atoms with E-state index in [1.54, 1.807) is 6.07 Å². The third-order valence-electron chi connectivity index (χ3n) is 14.3. The van der Waals surface area contributed by atoms with E-state index in [0.29, 0.717) is 42.2 Å². The number of nitrogens with two attached hydrogens (primary N) is 1. The third-order valence-corrected chi connectivity index (χ3v) is 17.3. The van der Waals surface area contributed by atoms with E-state index in [4.69, 9.17) is 56.8 Å². The van der Waals surface area contributed by atoms with E-state index in [0.717, 1.165) is 27.5 Å². The van der Waals surface area contributed by atoms with Gasteiger partial charge in [-0.15, -0.1) is 0 Å². The van der Waals surface area contributed by atoms with Gasteiger partial charge in [-0.05, 0) is 79.4 Å². The average molecular weight is 1390 g/mol. The Morgan fingerprint density at radius 1 is 0.737 bits per heavy atom. The number of amides is 2. The number of aromatic hydroxyl groups is 1. The molecule has 1 aliphatic carbocycles. The molecule has 0 radical (unpaired) electrons. The van der Waals surface area contributed by atoms with Crippen molar-refractivity contribution in [3.8, 4) is 28.2 Å². The van der Waals surface area contributed by atoms with Gasteiger partial charge in [-0.25, -0.2) is 14.4 Å². The molecule has 516 valence electrons. The summed E-state index contributed by atoms with van der Waals surface area (Å²) >= 11 is 0. The number of nitrogens with zero attached hydrogens (tertiary/aromatic N) is 3. The number of unbranched alkanes of at least 4 members (excludes halogenated alkanes) is 3. The number of nitrogen functional groups attached to an aromatic ring is 1. The summed E-state index contributed by atoms with van der Waals surface area (Å²) in [5, 5.41) is 45.6. The summed E-state index contributed by atoms with van der Waals surface area (Å²) in [6, 6.07) is 13.8. The summed E-state index contributed by atoms with van der Waals surface area (Å²) < 4.78 is 96.9. The highest BCUT2D eigenvalue weighted by molar-refractivity contribution is 7.46. The lowest BCUT2D eigenvalue weighted by Gasteiger charge is -2.29. The number of anilines is 1. The average Bonchev–Trinajstić information content (AvgIpc) is 1.46. The number of fused-ring (bicyclic) bond motifs is 2. The summed E-state index contributed by atoms with van der Waals surface area (Å²) in [7, 11) is -15.3. The Kier molecular flexibility index (Phi) is 26.2. The second-order valence-electron chi connectivity index (χ2n) is 21.1. The van der Waals surface area contributed by atoms with Crippen molar-refractivity contribution in [3.63, 3.8) is 0 Å². The van der Waals surface area contributed by atoms with Gasteiger partial charge in [0.2, 0.25) is 5.91 Å². The van der Waals surface area contributed by atoms with Crippen LogP contribution in [0.4, 0.5) is 5.82 Å². The Bertz CT molecular complexity index is 4070.